The molecule has 2 aromatic rings. The van der Waals surface area contributed by atoms with Gasteiger partial charge < -0.3 is 5.11 Å². The molecule has 0 aliphatic heterocycles. The molecule has 0 atom stereocenters. The predicted molar refractivity (Wildman–Crippen MR) is 65.7 cm³/mol. The lowest BCUT2D eigenvalue weighted by Gasteiger charge is -2.01. The van der Waals surface area contributed by atoms with E-state index in [9.17, 15) is 9.59 Å². The molecule has 0 aliphatic rings. The van der Waals surface area contributed by atoms with Crippen LogP contribution in [0.2, 0.25) is 0 Å². The first-order chi connectivity index (χ1) is 8.66. The van der Waals surface area contributed by atoms with Crippen LogP contribution in [0, 0.1) is 0 Å². The molecule has 1 aromatic carbocycles. The fraction of sp³-hybridized carbons (Fsp3) is 0.0714. The molecule has 4 nitrogen and oxygen atoms in total. The number of Topliss-reactive ketones (excluding diaryl/α,β-unsaturated/α-hetero) is 1. The van der Waals surface area contributed by atoms with Crippen LogP contribution in [0.4, 0.5) is 0 Å². The van der Waals surface area contributed by atoms with E-state index < -0.39 is 5.97 Å². The SMILES string of the molecule is O=C(O)c1ccnc(C(=O)Cc2ccccc2)c1. The molecule has 0 saturated heterocycles. The Morgan fingerprint density at radius 2 is 1.83 bits per heavy atom. The molecule has 1 heterocycles. The number of aromatic carboxylic acids is 1. The molecule has 4 heteroatoms. The maximum Gasteiger partial charge on any atom is 0.335 e. The smallest absolute Gasteiger partial charge is 0.335 e. The van der Waals surface area contributed by atoms with Crippen molar-refractivity contribution in [2.24, 2.45) is 0 Å². The molecule has 0 fully saturated rings. The molecule has 0 amide bonds. The number of pyridine rings is 1. The number of aromatic nitrogens is 1. The second-order valence-electron chi connectivity index (χ2n) is 3.82. The molecule has 0 bridgehead atoms. The lowest BCUT2D eigenvalue weighted by molar-refractivity contribution is 0.0696. The summed E-state index contributed by atoms with van der Waals surface area (Å²) in [4.78, 5) is 26.6. The zero-order valence-electron chi connectivity index (χ0n) is 9.54. The van der Waals surface area contributed by atoms with Crippen LogP contribution in [-0.4, -0.2) is 21.8 Å². The topological polar surface area (TPSA) is 67.3 Å². The monoisotopic (exact) mass is 241 g/mol. The zero-order valence-corrected chi connectivity index (χ0v) is 9.54. The number of ketones is 1. The normalized spacial score (nSPS) is 10.0. The quantitative estimate of drug-likeness (QED) is 0.833. The Morgan fingerprint density at radius 1 is 1.11 bits per heavy atom. The van der Waals surface area contributed by atoms with Gasteiger partial charge in [0.2, 0.25) is 0 Å². The number of carboxylic acids is 1. The molecule has 0 saturated carbocycles. The van der Waals surface area contributed by atoms with Crippen molar-refractivity contribution in [3.63, 3.8) is 0 Å². The summed E-state index contributed by atoms with van der Waals surface area (Å²) in [6.07, 6.45) is 1.55. The van der Waals surface area contributed by atoms with Gasteiger partial charge in [0, 0.05) is 12.6 Å². The van der Waals surface area contributed by atoms with Gasteiger partial charge in [-0.25, -0.2) is 4.79 Å². The van der Waals surface area contributed by atoms with Crippen LogP contribution in [-0.2, 0) is 6.42 Å². The minimum Gasteiger partial charge on any atom is -0.478 e. The van der Waals surface area contributed by atoms with Crippen LogP contribution < -0.4 is 0 Å². The van der Waals surface area contributed by atoms with Gasteiger partial charge in [-0.3, -0.25) is 9.78 Å². The largest absolute Gasteiger partial charge is 0.478 e. The third-order valence-corrected chi connectivity index (χ3v) is 2.50. The first kappa shape index (κ1) is 12.0. The highest BCUT2D eigenvalue weighted by atomic mass is 16.4. The third kappa shape index (κ3) is 2.79. The van der Waals surface area contributed by atoms with Gasteiger partial charge in [0.1, 0.15) is 5.69 Å². The summed E-state index contributed by atoms with van der Waals surface area (Å²) in [5, 5.41) is 8.84. The molecule has 90 valence electrons. The van der Waals surface area contributed by atoms with Gasteiger partial charge in [-0.1, -0.05) is 30.3 Å². The summed E-state index contributed by atoms with van der Waals surface area (Å²) in [5.41, 5.74) is 1.13. The minimum absolute atomic E-state index is 0.0708. The Labute approximate surface area is 104 Å². The number of benzene rings is 1. The summed E-state index contributed by atoms with van der Waals surface area (Å²) >= 11 is 0. The van der Waals surface area contributed by atoms with Crippen molar-refractivity contribution in [2.75, 3.05) is 0 Å². The Hall–Kier alpha value is -2.49. The molecule has 0 radical (unpaired) electrons. The second kappa shape index (κ2) is 5.23. The molecule has 0 spiro atoms. The van der Waals surface area contributed by atoms with E-state index in [2.05, 4.69) is 4.98 Å². The molecular weight excluding hydrogens is 230 g/mol. The van der Waals surface area contributed by atoms with E-state index in [1.54, 1.807) is 0 Å². The number of hydrogen-bond donors (Lipinski definition) is 1. The van der Waals surface area contributed by atoms with Crippen LogP contribution in [0.25, 0.3) is 0 Å². The molecular formula is C14H11NO3. The van der Waals surface area contributed by atoms with Gasteiger partial charge in [-0.2, -0.15) is 0 Å². The molecule has 0 unspecified atom stereocenters. The van der Waals surface area contributed by atoms with Gasteiger partial charge >= 0.3 is 5.97 Å². The van der Waals surface area contributed by atoms with E-state index in [-0.39, 0.29) is 23.5 Å². The van der Waals surface area contributed by atoms with Gasteiger partial charge in [-0.15, -0.1) is 0 Å². The molecule has 0 aliphatic carbocycles. The molecule has 18 heavy (non-hydrogen) atoms. The average molecular weight is 241 g/mol. The Bertz CT molecular complexity index is 579. The zero-order chi connectivity index (χ0) is 13.0. The van der Waals surface area contributed by atoms with E-state index in [4.69, 9.17) is 5.11 Å². The lowest BCUT2D eigenvalue weighted by atomic mass is 10.1. The number of nitrogens with zero attached hydrogens (tertiary/aromatic N) is 1. The van der Waals surface area contributed by atoms with Crippen molar-refractivity contribution < 1.29 is 14.7 Å². The highest BCUT2D eigenvalue weighted by molar-refractivity contribution is 5.98. The van der Waals surface area contributed by atoms with Crippen molar-refractivity contribution in [1.29, 1.82) is 0 Å². The first-order valence-corrected chi connectivity index (χ1v) is 5.43. The van der Waals surface area contributed by atoms with Crippen molar-refractivity contribution in [2.45, 2.75) is 6.42 Å². The van der Waals surface area contributed by atoms with Gasteiger partial charge in [0.05, 0.1) is 5.56 Å². The Balaban J connectivity index is 2.19. The van der Waals surface area contributed by atoms with Crippen molar-refractivity contribution >= 4 is 11.8 Å². The Morgan fingerprint density at radius 3 is 2.50 bits per heavy atom. The van der Waals surface area contributed by atoms with Crippen molar-refractivity contribution in [3.8, 4) is 0 Å². The summed E-state index contributed by atoms with van der Waals surface area (Å²) in [6, 6.07) is 11.9. The number of carbonyl (C=O) groups excluding carboxylic acids is 1. The second-order valence-corrected chi connectivity index (χ2v) is 3.82. The minimum atomic E-state index is -1.06. The number of rotatable bonds is 4. The summed E-state index contributed by atoms with van der Waals surface area (Å²) in [5.74, 6) is -1.25. The van der Waals surface area contributed by atoms with Gasteiger partial charge in [0.15, 0.2) is 5.78 Å². The van der Waals surface area contributed by atoms with Gasteiger partial charge in [-0.05, 0) is 17.7 Å². The first-order valence-electron chi connectivity index (χ1n) is 5.43. The number of carbonyl (C=O) groups is 2. The Kier molecular flexibility index (Phi) is 3.48. The van der Waals surface area contributed by atoms with Crippen LogP contribution >= 0.6 is 0 Å². The number of hydrogen-bond acceptors (Lipinski definition) is 3. The van der Waals surface area contributed by atoms with Gasteiger partial charge in [0.25, 0.3) is 0 Å². The van der Waals surface area contributed by atoms with E-state index in [1.807, 2.05) is 30.3 Å². The van der Waals surface area contributed by atoms with E-state index in [0.717, 1.165) is 5.56 Å². The van der Waals surface area contributed by atoms with Crippen LogP contribution in [0.15, 0.2) is 48.7 Å². The molecule has 1 N–H and O–H groups in total. The van der Waals surface area contributed by atoms with Crippen molar-refractivity contribution in [3.05, 3.63) is 65.5 Å². The molecule has 2 rings (SSSR count). The highest BCUT2D eigenvalue weighted by Gasteiger charge is 2.11. The average Bonchev–Trinajstić information content (AvgIpc) is 2.40. The highest BCUT2D eigenvalue weighted by Crippen LogP contribution is 2.07. The lowest BCUT2D eigenvalue weighted by Crippen LogP contribution is -2.08. The predicted octanol–water partition coefficient (Wildman–Crippen LogP) is 2.21. The number of carboxylic acid groups (broad SMARTS) is 1. The summed E-state index contributed by atoms with van der Waals surface area (Å²) < 4.78 is 0. The van der Waals surface area contributed by atoms with E-state index in [0.29, 0.717) is 0 Å². The van der Waals surface area contributed by atoms with Crippen LogP contribution in [0.1, 0.15) is 26.4 Å². The van der Waals surface area contributed by atoms with Crippen LogP contribution in [0.3, 0.4) is 0 Å². The maximum absolute atomic E-state index is 11.9. The van der Waals surface area contributed by atoms with E-state index in [1.165, 1.54) is 18.3 Å². The summed E-state index contributed by atoms with van der Waals surface area (Å²) in [6.45, 7) is 0. The fourth-order valence-corrected chi connectivity index (χ4v) is 1.59. The standard InChI is InChI=1S/C14H11NO3/c16-13(8-10-4-2-1-3-5-10)12-9-11(14(17)18)6-7-15-12/h1-7,9H,8H2,(H,17,18). The van der Waals surface area contributed by atoms with Crippen LogP contribution in [0.5, 0.6) is 0 Å². The summed E-state index contributed by atoms with van der Waals surface area (Å²) in [7, 11) is 0. The third-order valence-electron chi connectivity index (χ3n) is 2.50. The fourth-order valence-electron chi connectivity index (χ4n) is 1.59. The van der Waals surface area contributed by atoms with E-state index >= 15 is 0 Å². The maximum atomic E-state index is 11.9. The molecule has 1 aromatic heterocycles. The van der Waals surface area contributed by atoms with Crippen molar-refractivity contribution in [1.82, 2.24) is 4.98 Å².